The number of hydrogen-bond donors (Lipinski definition) is 3. The van der Waals surface area contributed by atoms with Gasteiger partial charge in [-0.3, -0.25) is 10.0 Å². The van der Waals surface area contributed by atoms with Crippen molar-refractivity contribution in [2.45, 2.75) is 6.04 Å². The fraction of sp³-hybridized carbons (Fsp3) is 0.333. The van der Waals surface area contributed by atoms with Crippen LogP contribution in [0.5, 0.6) is 0 Å². The summed E-state index contributed by atoms with van der Waals surface area (Å²) in [6.07, 6.45) is 0.228. The molecule has 0 heterocycles. The molecule has 0 spiro atoms. The third-order valence-corrected chi connectivity index (χ3v) is 0.560. The highest BCUT2D eigenvalue weighted by atomic mass is 16.5. The van der Waals surface area contributed by atoms with Crippen molar-refractivity contribution in [3.8, 4) is 0 Å². The van der Waals surface area contributed by atoms with Crippen molar-refractivity contribution in [1.82, 2.24) is 5.48 Å². The molecular weight excluding hydrogens is 112 g/mol. The predicted molar refractivity (Wildman–Crippen MR) is 24.0 cm³/mol. The number of amides is 1. The number of carbonyl (C=O) groups is 2. The molecule has 0 aliphatic heterocycles. The molecular formula is C3H6N2O3. The van der Waals surface area contributed by atoms with Crippen LogP contribution < -0.4 is 11.2 Å². The Morgan fingerprint density at radius 1 is 1.88 bits per heavy atom. The molecule has 0 rings (SSSR count). The molecule has 0 aromatic carbocycles. The molecule has 4 N–H and O–H groups in total. The second kappa shape index (κ2) is 3.11. The van der Waals surface area contributed by atoms with Gasteiger partial charge in [-0.15, -0.1) is 0 Å². The summed E-state index contributed by atoms with van der Waals surface area (Å²) >= 11 is 0. The van der Waals surface area contributed by atoms with Crippen molar-refractivity contribution in [2.24, 2.45) is 5.73 Å². The Morgan fingerprint density at radius 2 is 2.38 bits per heavy atom. The lowest BCUT2D eigenvalue weighted by molar-refractivity contribution is -0.132. The van der Waals surface area contributed by atoms with Gasteiger partial charge in [-0.05, 0) is 0 Å². The molecule has 46 valence electrons. The van der Waals surface area contributed by atoms with Crippen molar-refractivity contribution in [2.75, 3.05) is 0 Å². The van der Waals surface area contributed by atoms with Gasteiger partial charge in [0.05, 0.1) is 0 Å². The van der Waals surface area contributed by atoms with Crippen molar-refractivity contribution in [3.05, 3.63) is 0 Å². The van der Waals surface area contributed by atoms with E-state index in [-0.39, 0.29) is 6.29 Å². The zero-order valence-electron chi connectivity index (χ0n) is 4.00. The van der Waals surface area contributed by atoms with Crippen LogP contribution in [0.25, 0.3) is 0 Å². The highest BCUT2D eigenvalue weighted by Crippen LogP contribution is 1.66. The molecule has 1 atom stereocenters. The molecule has 0 saturated carbocycles. The average molecular weight is 118 g/mol. The van der Waals surface area contributed by atoms with E-state index in [1.807, 2.05) is 0 Å². The average Bonchev–Trinajstić information content (AvgIpc) is 1.84. The summed E-state index contributed by atoms with van der Waals surface area (Å²) in [4.78, 5) is 19.6. The third-order valence-electron chi connectivity index (χ3n) is 0.560. The summed E-state index contributed by atoms with van der Waals surface area (Å²) in [5.41, 5.74) is 6.01. The largest absolute Gasteiger partial charge is 0.314 e. The molecule has 1 amide bonds. The van der Waals surface area contributed by atoms with Crippen LogP contribution in [-0.2, 0) is 9.59 Å². The lowest BCUT2D eigenvalue weighted by atomic mass is 10.3. The number of rotatable bonds is 2. The lowest BCUT2D eigenvalue weighted by Gasteiger charge is -1.96. The summed E-state index contributed by atoms with van der Waals surface area (Å²) in [5.74, 6) is -0.903. The van der Waals surface area contributed by atoms with Gasteiger partial charge < -0.3 is 10.5 Å². The van der Waals surface area contributed by atoms with Crippen molar-refractivity contribution >= 4 is 12.2 Å². The van der Waals surface area contributed by atoms with E-state index in [2.05, 4.69) is 0 Å². The smallest absolute Gasteiger partial charge is 0.267 e. The monoisotopic (exact) mass is 118 g/mol. The fourth-order valence-electron chi connectivity index (χ4n) is 0.136. The van der Waals surface area contributed by atoms with Gasteiger partial charge in [-0.25, -0.2) is 5.48 Å². The summed E-state index contributed by atoms with van der Waals surface area (Å²) in [6, 6.07) is -1.26. The molecule has 0 bridgehead atoms. The van der Waals surface area contributed by atoms with Crippen LogP contribution in [0, 0.1) is 0 Å². The SMILES string of the molecule is NC(C=O)C(=O)NO. The van der Waals surface area contributed by atoms with E-state index in [1.165, 1.54) is 5.48 Å². The van der Waals surface area contributed by atoms with E-state index in [0.717, 1.165) is 0 Å². The first-order valence-electron chi connectivity index (χ1n) is 1.87. The first-order valence-corrected chi connectivity index (χ1v) is 1.87. The van der Waals surface area contributed by atoms with Crippen LogP contribution in [0.2, 0.25) is 0 Å². The van der Waals surface area contributed by atoms with Crippen LogP contribution >= 0.6 is 0 Å². The summed E-state index contributed by atoms with van der Waals surface area (Å²) < 4.78 is 0. The molecule has 0 aliphatic carbocycles. The second-order valence-corrected chi connectivity index (χ2v) is 1.14. The van der Waals surface area contributed by atoms with Crippen LogP contribution in [0.3, 0.4) is 0 Å². The fourth-order valence-corrected chi connectivity index (χ4v) is 0.136. The molecule has 0 fully saturated rings. The topological polar surface area (TPSA) is 92.4 Å². The quantitative estimate of drug-likeness (QED) is 0.169. The van der Waals surface area contributed by atoms with E-state index in [0.29, 0.717) is 0 Å². The van der Waals surface area contributed by atoms with Crippen molar-refractivity contribution < 1.29 is 14.8 Å². The van der Waals surface area contributed by atoms with E-state index < -0.39 is 11.9 Å². The van der Waals surface area contributed by atoms with E-state index >= 15 is 0 Å². The molecule has 5 nitrogen and oxygen atoms in total. The highest BCUT2D eigenvalue weighted by Gasteiger charge is 2.08. The second-order valence-electron chi connectivity index (χ2n) is 1.14. The Kier molecular flexibility index (Phi) is 2.75. The standard InChI is InChI=1S/C3H6N2O3/c4-2(1-6)3(7)5-8/h1-2,8H,4H2,(H,5,7). The number of aldehydes is 1. The number of nitrogens with two attached hydrogens (primary N) is 1. The van der Waals surface area contributed by atoms with Crippen molar-refractivity contribution in [1.29, 1.82) is 0 Å². The molecule has 1 unspecified atom stereocenters. The Morgan fingerprint density at radius 3 is 2.50 bits per heavy atom. The molecule has 0 radical (unpaired) electrons. The van der Waals surface area contributed by atoms with Crippen LogP contribution in [0.1, 0.15) is 0 Å². The molecule has 0 aromatic rings. The first-order chi connectivity index (χ1) is 3.72. The van der Waals surface area contributed by atoms with Gasteiger partial charge in [0, 0.05) is 0 Å². The van der Waals surface area contributed by atoms with E-state index in [9.17, 15) is 9.59 Å². The maximum atomic E-state index is 10.0. The van der Waals surface area contributed by atoms with Crippen LogP contribution in [0.15, 0.2) is 0 Å². The van der Waals surface area contributed by atoms with E-state index in [1.54, 1.807) is 0 Å². The summed E-state index contributed by atoms with van der Waals surface area (Å²) in [7, 11) is 0. The molecule has 5 heteroatoms. The van der Waals surface area contributed by atoms with Gasteiger partial charge in [-0.1, -0.05) is 0 Å². The molecule has 0 aliphatic rings. The first kappa shape index (κ1) is 7.06. The van der Waals surface area contributed by atoms with Crippen LogP contribution in [-0.4, -0.2) is 23.4 Å². The van der Waals surface area contributed by atoms with Crippen LogP contribution in [0.4, 0.5) is 0 Å². The van der Waals surface area contributed by atoms with E-state index in [4.69, 9.17) is 10.9 Å². The zero-order chi connectivity index (χ0) is 6.57. The third kappa shape index (κ3) is 1.67. The number of carbonyl (C=O) groups excluding carboxylic acids is 2. The summed E-state index contributed by atoms with van der Waals surface area (Å²) in [6.45, 7) is 0. The highest BCUT2D eigenvalue weighted by molar-refractivity contribution is 5.94. The van der Waals surface area contributed by atoms with Gasteiger partial charge in [0.15, 0.2) is 0 Å². The molecule has 0 saturated heterocycles. The lowest BCUT2D eigenvalue weighted by Crippen LogP contribution is -2.39. The number of hydrogen-bond acceptors (Lipinski definition) is 4. The minimum Gasteiger partial charge on any atom is -0.314 e. The Bertz CT molecular complexity index is 103. The maximum absolute atomic E-state index is 10.0. The van der Waals surface area contributed by atoms with Gasteiger partial charge in [0.1, 0.15) is 12.3 Å². The van der Waals surface area contributed by atoms with Gasteiger partial charge in [0.2, 0.25) is 0 Å². The normalized spacial score (nSPS) is 12.2. The minimum atomic E-state index is -1.26. The summed E-state index contributed by atoms with van der Waals surface area (Å²) in [5, 5.41) is 7.80. The maximum Gasteiger partial charge on any atom is 0.267 e. The Labute approximate surface area is 45.4 Å². The number of hydroxylamine groups is 1. The Balaban J connectivity index is 3.62. The molecule has 0 aromatic heterocycles. The zero-order valence-corrected chi connectivity index (χ0v) is 4.00. The number of nitrogens with one attached hydrogen (secondary N) is 1. The Hall–Kier alpha value is -0.940. The van der Waals surface area contributed by atoms with Gasteiger partial charge in [-0.2, -0.15) is 0 Å². The van der Waals surface area contributed by atoms with Gasteiger partial charge in [0.25, 0.3) is 5.91 Å². The minimum absolute atomic E-state index is 0.228. The predicted octanol–water partition coefficient (Wildman–Crippen LogP) is -1.98. The van der Waals surface area contributed by atoms with Gasteiger partial charge >= 0.3 is 0 Å². The molecule has 8 heavy (non-hydrogen) atoms. The van der Waals surface area contributed by atoms with Crippen molar-refractivity contribution in [3.63, 3.8) is 0 Å².